The molecule has 0 heteroatoms. The summed E-state index contributed by atoms with van der Waals surface area (Å²) in [6.45, 7) is 0. The van der Waals surface area contributed by atoms with Crippen LogP contribution in [0.1, 0.15) is 38.5 Å². The summed E-state index contributed by atoms with van der Waals surface area (Å²) in [5.74, 6) is 4.63. The van der Waals surface area contributed by atoms with E-state index in [0.717, 1.165) is 11.8 Å². The van der Waals surface area contributed by atoms with Crippen molar-refractivity contribution in [2.45, 2.75) is 38.5 Å². The monoisotopic (exact) mass is 149 g/mol. The van der Waals surface area contributed by atoms with Gasteiger partial charge in [0.1, 0.15) is 0 Å². The molecular formula is C11H17. The summed E-state index contributed by atoms with van der Waals surface area (Å²) >= 11 is 0. The summed E-state index contributed by atoms with van der Waals surface area (Å²) in [7, 11) is 0. The molecule has 0 spiro atoms. The lowest BCUT2D eigenvalue weighted by molar-refractivity contribution is 0.182. The topological polar surface area (TPSA) is 0 Å². The van der Waals surface area contributed by atoms with Crippen molar-refractivity contribution < 1.29 is 0 Å². The normalized spacial score (nSPS) is 54.5. The van der Waals surface area contributed by atoms with Crippen LogP contribution in [-0.4, -0.2) is 0 Å². The van der Waals surface area contributed by atoms with Crippen molar-refractivity contribution in [2.75, 3.05) is 0 Å². The van der Waals surface area contributed by atoms with E-state index in [-0.39, 0.29) is 0 Å². The molecule has 0 aromatic heterocycles. The Labute approximate surface area is 69.4 Å². The molecule has 0 heterocycles. The summed E-state index contributed by atoms with van der Waals surface area (Å²) in [6, 6.07) is 0. The van der Waals surface area contributed by atoms with Gasteiger partial charge in [0, 0.05) is 0 Å². The zero-order valence-corrected chi connectivity index (χ0v) is 7.13. The molecule has 0 aromatic carbocycles. The SMILES string of the molecule is [CH]1CCC2C3CCC(C3)C2C1. The third kappa shape index (κ3) is 0.816. The predicted molar refractivity (Wildman–Crippen MR) is 46.0 cm³/mol. The lowest BCUT2D eigenvalue weighted by Crippen LogP contribution is -2.25. The first-order valence-electron chi connectivity index (χ1n) is 5.27. The van der Waals surface area contributed by atoms with Gasteiger partial charge in [-0.3, -0.25) is 0 Å². The van der Waals surface area contributed by atoms with E-state index in [2.05, 4.69) is 6.42 Å². The summed E-state index contributed by atoms with van der Waals surface area (Å²) in [5.41, 5.74) is 0. The Hall–Kier alpha value is 0. The van der Waals surface area contributed by atoms with Gasteiger partial charge in [0.2, 0.25) is 0 Å². The Kier molecular flexibility index (Phi) is 1.33. The van der Waals surface area contributed by atoms with Crippen molar-refractivity contribution in [3.05, 3.63) is 6.42 Å². The molecule has 3 saturated carbocycles. The van der Waals surface area contributed by atoms with Crippen LogP contribution in [-0.2, 0) is 0 Å². The average molecular weight is 149 g/mol. The van der Waals surface area contributed by atoms with E-state index in [1.54, 1.807) is 19.3 Å². The maximum Gasteiger partial charge on any atom is -0.0352 e. The molecule has 0 N–H and O–H groups in total. The average Bonchev–Trinajstić information content (AvgIpc) is 2.64. The van der Waals surface area contributed by atoms with Crippen LogP contribution in [0.25, 0.3) is 0 Å². The highest BCUT2D eigenvalue weighted by Crippen LogP contribution is 2.56. The van der Waals surface area contributed by atoms with Crippen molar-refractivity contribution in [1.29, 1.82) is 0 Å². The molecular weight excluding hydrogens is 132 g/mol. The van der Waals surface area contributed by atoms with E-state index in [4.69, 9.17) is 0 Å². The van der Waals surface area contributed by atoms with Gasteiger partial charge >= 0.3 is 0 Å². The lowest BCUT2D eigenvalue weighted by atomic mass is 9.71. The number of rotatable bonds is 0. The Morgan fingerprint density at radius 1 is 0.909 bits per heavy atom. The zero-order valence-electron chi connectivity index (χ0n) is 7.13. The molecule has 11 heavy (non-hydrogen) atoms. The van der Waals surface area contributed by atoms with Crippen molar-refractivity contribution in [2.24, 2.45) is 23.7 Å². The van der Waals surface area contributed by atoms with Crippen LogP contribution < -0.4 is 0 Å². The molecule has 2 bridgehead atoms. The van der Waals surface area contributed by atoms with Crippen LogP contribution in [0.5, 0.6) is 0 Å². The molecule has 0 nitrogen and oxygen atoms in total. The summed E-state index contributed by atoms with van der Waals surface area (Å²) in [4.78, 5) is 0. The third-order valence-corrected chi connectivity index (χ3v) is 4.42. The molecule has 3 rings (SSSR count). The standard InChI is InChI=1S/C11H17/c1-2-4-11-9-6-5-8(7-9)10(11)3-1/h1,8-11H,2-7H2. The van der Waals surface area contributed by atoms with E-state index in [1.807, 2.05) is 0 Å². The van der Waals surface area contributed by atoms with Gasteiger partial charge in [-0.2, -0.15) is 0 Å². The van der Waals surface area contributed by atoms with Crippen molar-refractivity contribution in [3.63, 3.8) is 0 Å². The van der Waals surface area contributed by atoms with Gasteiger partial charge in [0.25, 0.3) is 0 Å². The van der Waals surface area contributed by atoms with Gasteiger partial charge in [-0.15, -0.1) is 0 Å². The van der Waals surface area contributed by atoms with Crippen molar-refractivity contribution >= 4 is 0 Å². The molecule has 3 fully saturated rings. The summed E-state index contributed by atoms with van der Waals surface area (Å²) in [5, 5.41) is 0. The van der Waals surface area contributed by atoms with Crippen LogP contribution in [0.3, 0.4) is 0 Å². The third-order valence-electron chi connectivity index (χ3n) is 4.42. The van der Waals surface area contributed by atoms with Gasteiger partial charge < -0.3 is 0 Å². The van der Waals surface area contributed by atoms with E-state index in [1.165, 1.54) is 31.1 Å². The number of hydrogen-bond acceptors (Lipinski definition) is 0. The number of hydrogen-bond donors (Lipinski definition) is 0. The Bertz CT molecular complexity index is 143. The molecule has 4 atom stereocenters. The van der Waals surface area contributed by atoms with Gasteiger partial charge in [0.15, 0.2) is 0 Å². The fraction of sp³-hybridized carbons (Fsp3) is 0.909. The summed E-state index contributed by atoms with van der Waals surface area (Å²) < 4.78 is 0. The second kappa shape index (κ2) is 2.24. The van der Waals surface area contributed by atoms with Gasteiger partial charge in [0.05, 0.1) is 0 Å². The van der Waals surface area contributed by atoms with Crippen LogP contribution in [0.2, 0.25) is 0 Å². The highest BCUT2D eigenvalue weighted by Gasteiger charge is 2.47. The highest BCUT2D eigenvalue weighted by molar-refractivity contribution is 5.00. The predicted octanol–water partition coefficient (Wildman–Crippen LogP) is 3.04. The first kappa shape index (κ1) is 6.51. The van der Waals surface area contributed by atoms with Gasteiger partial charge in [-0.25, -0.2) is 0 Å². The molecule has 1 radical (unpaired) electrons. The Morgan fingerprint density at radius 3 is 2.55 bits per heavy atom. The fourth-order valence-corrected chi connectivity index (χ4v) is 3.97. The first-order valence-corrected chi connectivity index (χ1v) is 5.27. The Balaban J connectivity index is 1.84. The minimum absolute atomic E-state index is 1.14. The second-order valence-corrected chi connectivity index (χ2v) is 4.76. The molecule has 0 amide bonds. The minimum Gasteiger partial charge on any atom is -0.0499 e. The van der Waals surface area contributed by atoms with Crippen molar-refractivity contribution in [1.82, 2.24) is 0 Å². The van der Waals surface area contributed by atoms with E-state index < -0.39 is 0 Å². The van der Waals surface area contributed by atoms with Gasteiger partial charge in [-0.1, -0.05) is 0 Å². The van der Waals surface area contributed by atoms with E-state index in [9.17, 15) is 0 Å². The van der Waals surface area contributed by atoms with Crippen molar-refractivity contribution in [3.8, 4) is 0 Å². The smallest absolute Gasteiger partial charge is 0.0352 e. The quantitative estimate of drug-likeness (QED) is 0.496. The second-order valence-electron chi connectivity index (χ2n) is 4.76. The number of fused-ring (bicyclic) bond motifs is 5. The molecule has 3 aliphatic rings. The van der Waals surface area contributed by atoms with Gasteiger partial charge in [-0.05, 0) is 68.6 Å². The maximum absolute atomic E-state index is 2.54. The highest BCUT2D eigenvalue weighted by atomic mass is 14.5. The molecule has 0 aliphatic heterocycles. The molecule has 61 valence electrons. The lowest BCUT2D eigenvalue weighted by Gasteiger charge is -2.34. The first-order chi connectivity index (χ1) is 5.45. The molecule has 3 aliphatic carbocycles. The molecule has 0 aromatic rings. The maximum atomic E-state index is 2.54. The van der Waals surface area contributed by atoms with Crippen LogP contribution in [0, 0.1) is 30.1 Å². The van der Waals surface area contributed by atoms with E-state index >= 15 is 0 Å². The fourth-order valence-electron chi connectivity index (χ4n) is 3.97. The minimum atomic E-state index is 1.14. The molecule has 0 saturated heterocycles. The Morgan fingerprint density at radius 2 is 1.73 bits per heavy atom. The van der Waals surface area contributed by atoms with Crippen LogP contribution >= 0.6 is 0 Å². The largest absolute Gasteiger partial charge is 0.0499 e. The zero-order chi connectivity index (χ0) is 7.26. The van der Waals surface area contributed by atoms with E-state index in [0.29, 0.717) is 0 Å². The van der Waals surface area contributed by atoms with Crippen LogP contribution in [0.4, 0.5) is 0 Å². The molecule has 4 unspecified atom stereocenters. The van der Waals surface area contributed by atoms with Crippen LogP contribution in [0.15, 0.2) is 0 Å². The summed E-state index contributed by atoms with van der Waals surface area (Å²) in [6.07, 6.45) is 11.7.